The van der Waals surface area contributed by atoms with Gasteiger partial charge < -0.3 is 14.2 Å². The largest absolute Gasteiger partial charge is 0.474 e. The molecule has 0 radical (unpaired) electrons. The molecular weight excluding hydrogens is 430 g/mol. The molecule has 3 rings (SSSR count). The predicted octanol–water partition coefficient (Wildman–Crippen LogP) is 4.63. The van der Waals surface area contributed by atoms with E-state index >= 15 is 0 Å². The SMILES string of the molecule is COC(CN(C)C(C)(C)Cc1cc(C)c2c(c1)OC(C(C)=O)C(C(C)=O)O2)c1ccc(C)cc1. The zero-order valence-corrected chi connectivity index (χ0v) is 21.6. The number of carbonyl (C=O) groups is 2. The molecule has 2 aromatic carbocycles. The lowest BCUT2D eigenvalue weighted by Gasteiger charge is -2.38. The van der Waals surface area contributed by atoms with E-state index in [2.05, 4.69) is 63.1 Å². The van der Waals surface area contributed by atoms with Gasteiger partial charge in [0.15, 0.2) is 23.1 Å². The third-order valence-corrected chi connectivity index (χ3v) is 6.72. The first-order chi connectivity index (χ1) is 15.9. The topological polar surface area (TPSA) is 65.1 Å². The van der Waals surface area contributed by atoms with Crippen LogP contribution in [0.2, 0.25) is 0 Å². The molecule has 1 aliphatic rings. The molecule has 6 heteroatoms. The number of likely N-dealkylation sites (N-methyl/N-ethyl adjacent to an activating group) is 1. The molecule has 184 valence electrons. The van der Waals surface area contributed by atoms with E-state index in [1.807, 2.05) is 13.0 Å². The number of fused-ring (bicyclic) bond motifs is 1. The average Bonchev–Trinajstić information content (AvgIpc) is 2.76. The van der Waals surface area contributed by atoms with Crippen LogP contribution in [-0.2, 0) is 20.7 Å². The Morgan fingerprint density at radius 2 is 1.62 bits per heavy atom. The maximum atomic E-state index is 12.1. The number of aryl methyl sites for hydroxylation is 2. The second-order valence-electron chi connectivity index (χ2n) is 10.0. The fraction of sp³-hybridized carbons (Fsp3) is 0.500. The second-order valence-corrected chi connectivity index (χ2v) is 10.0. The first kappa shape index (κ1) is 25.9. The van der Waals surface area contributed by atoms with E-state index in [0.29, 0.717) is 11.5 Å². The molecule has 0 bridgehead atoms. The van der Waals surface area contributed by atoms with Gasteiger partial charge in [0, 0.05) is 19.2 Å². The number of benzene rings is 2. The summed E-state index contributed by atoms with van der Waals surface area (Å²) in [5, 5.41) is 0. The van der Waals surface area contributed by atoms with Crippen LogP contribution >= 0.6 is 0 Å². The third kappa shape index (κ3) is 5.68. The normalized spacial score (nSPS) is 18.6. The maximum Gasteiger partial charge on any atom is 0.200 e. The Morgan fingerprint density at radius 1 is 1.03 bits per heavy atom. The fourth-order valence-corrected chi connectivity index (χ4v) is 4.36. The lowest BCUT2D eigenvalue weighted by Crippen LogP contribution is -2.48. The van der Waals surface area contributed by atoms with E-state index in [1.165, 1.54) is 19.4 Å². The number of methoxy groups -OCH3 is 1. The number of hydrogen-bond donors (Lipinski definition) is 0. The van der Waals surface area contributed by atoms with Crippen molar-refractivity contribution in [2.75, 3.05) is 20.7 Å². The summed E-state index contributed by atoms with van der Waals surface area (Å²) in [6.45, 7) is 12.0. The predicted molar refractivity (Wildman–Crippen MR) is 133 cm³/mol. The molecule has 0 N–H and O–H groups in total. The van der Waals surface area contributed by atoms with E-state index < -0.39 is 12.2 Å². The fourth-order valence-electron chi connectivity index (χ4n) is 4.36. The molecule has 0 fully saturated rings. The summed E-state index contributed by atoms with van der Waals surface area (Å²) in [6, 6.07) is 12.4. The van der Waals surface area contributed by atoms with Crippen molar-refractivity contribution in [2.45, 2.75) is 71.8 Å². The van der Waals surface area contributed by atoms with Gasteiger partial charge in [-0.1, -0.05) is 35.9 Å². The first-order valence-electron chi connectivity index (χ1n) is 11.7. The van der Waals surface area contributed by atoms with Gasteiger partial charge in [-0.25, -0.2) is 0 Å². The van der Waals surface area contributed by atoms with Crippen molar-refractivity contribution in [1.29, 1.82) is 0 Å². The van der Waals surface area contributed by atoms with Crippen LogP contribution in [0, 0.1) is 13.8 Å². The van der Waals surface area contributed by atoms with Crippen LogP contribution < -0.4 is 9.47 Å². The first-order valence-corrected chi connectivity index (χ1v) is 11.7. The Kier molecular flexibility index (Phi) is 7.84. The van der Waals surface area contributed by atoms with Crippen molar-refractivity contribution in [1.82, 2.24) is 4.90 Å². The van der Waals surface area contributed by atoms with Crippen LogP contribution in [-0.4, -0.2) is 54.9 Å². The van der Waals surface area contributed by atoms with Crippen molar-refractivity contribution < 1.29 is 23.8 Å². The Balaban J connectivity index is 1.79. The van der Waals surface area contributed by atoms with Crippen LogP contribution in [0.25, 0.3) is 0 Å². The minimum Gasteiger partial charge on any atom is -0.474 e. The van der Waals surface area contributed by atoms with Gasteiger partial charge in [0.1, 0.15) is 0 Å². The summed E-state index contributed by atoms with van der Waals surface area (Å²) < 4.78 is 17.7. The summed E-state index contributed by atoms with van der Waals surface area (Å²) in [6.07, 6.45) is -1.12. The van der Waals surface area contributed by atoms with Crippen molar-refractivity contribution in [3.8, 4) is 11.5 Å². The molecule has 0 saturated heterocycles. The average molecular weight is 468 g/mol. The van der Waals surface area contributed by atoms with Crippen molar-refractivity contribution in [3.63, 3.8) is 0 Å². The molecular formula is C28H37NO5. The van der Waals surface area contributed by atoms with Gasteiger partial charge >= 0.3 is 0 Å². The Labute approximate surface area is 203 Å². The van der Waals surface area contributed by atoms with E-state index in [-0.39, 0.29) is 23.2 Å². The summed E-state index contributed by atoms with van der Waals surface area (Å²) >= 11 is 0. The van der Waals surface area contributed by atoms with Crippen molar-refractivity contribution >= 4 is 11.6 Å². The van der Waals surface area contributed by atoms with Crippen LogP contribution in [0.1, 0.15) is 56.1 Å². The molecule has 0 aromatic heterocycles. The number of rotatable bonds is 9. The number of hydrogen-bond acceptors (Lipinski definition) is 6. The highest BCUT2D eigenvalue weighted by Gasteiger charge is 2.39. The monoisotopic (exact) mass is 467 g/mol. The van der Waals surface area contributed by atoms with Gasteiger partial charge in [0.2, 0.25) is 12.2 Å². The summed E-state index contributed by atoms with van der Waals surface area (Å²) in [4.78, 5) is 26.4. The summed E-state index contributed by atoms with van der Waals surface area (Å²) in [5.74, 6) is 0.598. The van der Waals surface area contributed by atoms with Gasteiger partial charge in [-0.15, -0.1) is 0 Å². The summed E-state index contributed by atoms with van der Waals surface area (Å²) in [7, 11) is 3.85. The Morgan fingerprint density at radius 3 is 2.18 bits per heavy atom. The summed E-state index contributed by atoms with van der Waals surface area (Å²) in [5.41, 5.74) is 4.15. The molecule has 3 atom stereocenters. The molecule has 0 aliphatic carbocycles. The zero-order valence-electron chi connectivity index (χ0n) is 21.6. The molecule has 0 saturated carbocycles. The van der Waals surface area contributed by atoms with Gasteiger partial charge in [-0.05, 0) is 77.8 Å². The molecule has 0 spiro atoms. The molecule has 3 unspecified atom stereocenters. The quantitative estimate of drug-likeness (QED) is 0.536. The standard InChI is InChI=1S/C28H37NO5/c1-17-9-11-22(12-10-17)24(32-8)16-29(7)28(5,6)15-21-13-18(2)25-23(14-21)33-26(19(3)30)27(34-25)20(4)31/h9-14,24,26-27H,15-16H2,1-8H3. The third-order valence-electron chi connectivity index (χ3n) is 6.72. The van der Waals surface area contributed by atoms with Gasteiger partial charge in [0.05, 0.1) is 6.10 Å². The lowest BCUT2D eigenvalue weighted by atomic mass is 9.91. The van der Waals surface area contributed by atoms with Gasteiger partial charge in [0.25, 0.3) is 0 Å². The van der Waals surface area contributed by atoms with Crippen LogP contribution in [0.15, 0.2) is 36.4 Å². The molecule has 1 aliphatic heterocycles. The number of ketones is 2. The Bertz CT molecular complexity index is 1040. The molecule has 1 heterocycles. The van der Waals surface area contributed by atoms with Crippen LogP contribution in [0.5, 0.6) is 11.5 Å². The molecule has 0 amide bonds. The highest BCUT2D eigenvalue weighted by Crippen LogP contribution is 2.39. The number of ether oxygens (including phenoxy) is 3. The van der Waals surface area contributed by atoms with E-state index in [1.54, 1.807) is 7.11 Å². The zero-order chi connectivity index (χ0) is 25.2. The van der Waals surface area contributed by atoms with E-state index in [0.717, 1.165) is 29.7 Å². The van der Waals surface area contributed by atoms with Crippen LogP contribution in [0.3, 0.4) is 0 Å². The molecule has 34 heavy (non-hydrogen) atoms. The number of nitrogens with zero attached hydrogens (tertiary/aromatic N) is 1. The Hall–Kier alpha value is -2.70. The van der Waals surface area contributed by atoms with Crippen LogP contribution in [0.4, 0.5) is 0 Å². The number of Topliss-reactive ketones (excluding diaryl/α,β-unsaturated/α-hetero) is 2. The lowest BCUT2D eigenvalue weighted by molar-refractivity contribution is -0.139. The molecule has 6 nitrogen and oxygen atoms in total. The minimum atomic E-state index is -0.924. The van der Waals surface area contributed by atoms with Crippen molar-refractivity contribution in [2.24, 2.45) is 0 Å². The van der Waals surface area contributed by atoms with E-state index in [4.69, 9.17) is 14.2 Å². The minimum absolute atomic E-state index is 0.0354. The highest BCUT2D eigenvalue weighted by molar-refractivity contribution is 5.92. The maximum absolute atomic E-state index is 12.1. The van der Waals surface area contributed by atoms with Gasteiger partial charge in [-0.3, -0.25) is 14.5 Å². The smallest absolute Gasteiger partial charge is 0.200 e. The van der Waals surface area contributed by atoms with Gasteiger partial charge in [-0.2, -0.15) is 0 Å². The highest BCUT2D eigenvalue weighted by atomic mass is 16.6. The molecule has 2 aromatic rings. The second kappa shape index (κ2) is 10.3. The number of carbonyl (C=O) groups excluding carboxylic acids is 2. The van der Waals surface area contributed by atoms with Crippen molar-refractivity contribution in [3.05, 3.63) is 58.7 Å². The van der Waals surface area contributed by atoms with E-state index in [9.17, 15) is 9.59 Å².